The van der Waals surface area contributed by atoms with Gasteiger partial charge in [0, 0.05) is 6.04 Å². The second-order valence-electron chi connectivity index (χ2n) is 5.79. The van der Waals surface area contributed by atoms with Crippen LogP contribution in [0.15, 0.2) is 0 Å². The van der Waals surface area contributed by atoms with E-state index in [0.29, 0.717) is 12.0 Å². The maximum Gasteiger partial charge on any atom is 0.323 e. The topological polar surface area (TPSA) is 38.3 Å². The molecule has 0 spiro atoms. The minimum Gasteiger partial charge on any atom is -0.459 e. The summed E-state index contributed by atoms with van der Waals surface area (Å²) in [6.45, 7) is 5.75. The minimum absolute atomic E-state index is 0.0560. The van der Waals surface area contributed by atoms with Crippen molar-refractivity contribution in [3.05, 3.63) is 0 Å². The lowest BCUT2D eigenvalue weighted by Crippen LogP contribution is -2.39. The molecule has 1 aliphatic heterocycles. The highest BCUT2D eigenvalue weighted by Crippen LogP contribution is 2.35. The molecule has 1 saturated carbocycles. The summed E-state index contributed by atoms with van der Waals surface area (Å²) in [5.74, 6) is 0.638. The van der Waals surface area contributed by atoms with Gasteiger partial charge in [-0.3, -0.25) is 4.79 Å². The van der Waals surface area contributed by atoms with Crippen LogP contribution in [0.25, 0.3) is 0 Å². The number of carbonyl (C=O) groups is 1. The molecule has 1 aliphatic carbocycles. The molecule has 3 heteroatoms. The van der Waals surface area contributed by atoms with Crippen molar-refractivity contribution < 1.29 is 9.53 Å². The van der Waals surface area contributed by atoms with Crippen LogP contribution in [0.1, 0.15) is 46.5 Å². The van der Waals surface area contributed by atoms with Crippen LogP contribution in [-0.4, -0.2) is 23.7 Å². The summed E-state index contributed by atoms with van der Waals surface area (Å²) in [6, 6.07) is 0.516. The molecule has 15 heavy (non-hydrogen) atoms. The quantitative estimate of drug-likeness (QED) is 0.673. The highest BCUT2D eigenvalue weighted by Gasteiger charge is 2.41. The Bertz CT molecular complexity index is 245. The average Bonchev–Trinajstić information content (AvgIpc) is 2.56. The van der Waals surface area contributed by atoms with Crippen molar-refractivity contribution in [2.45, 2.75) is 64.1 Å². The van der Waals surface area contributed by atoms with Gasteiger partial charge in [0.2, 0.25) is 0 Å². The van der Waals surface area contributed by atoms with Gasteiger partial charge in [-0.2, -0.15) is 0 Å². The SMILES string of the molecule is CC(C)(C)OC(=O)[C@H]1C[C@@H]2CCC[C@H]2N1. The first-order valence-corrected chi connectivity index (χ1v) is 5.94. The first-order valence-electron chi connectivity index (χ1n) is 5.94. The lowest BCUT2D eigenvalue weighted by molar-refractivity contribution is -0.157. The van der Waals surface area contributed by atoms with Crippen molar-refractivity contribution in [2.75, 3.05) is 0 Å². The van der Waals surface area contributed by atoms with E-state index in [1.807, 2.05) is 20.8 Å². The summed E-state index contributed by atoms with van der Waals surface area (Å²) >= 11 is 0. The summed E-state index contributed by atoms with van der Waals surface area (Å²) in [5.41, 5.74) is -0.365. The van der Waals surface area contributed by atoms with E-state index in [9.17, 15) is 4.79 Å². The molecule has 1 saturated heterocycles. The number of hydrogen-bond acceptors (Lipinski definition) is 3. The Morgan fingerprint density at radius 1 is 1.33 bits per heavy atom. The van der Waals surface area contributed by atoms with Crippen LogP contribution in [0.5, 0.6) is 0 Å². The third-order valence-corrected chi connectivity index (χ3v) is 3.30. The van der Waals surface area contributed by atoms with Gasteiger partial charge in [-0.15, -0.1) is 0 Å². The van der Waals surface area contributed by atoms with Crippen LogP contribution < -0.4 is 5.32 Å². The van der Waals surface area contributed by atoms with Crippen LogP contribution in [0.3, 0.4) is 0 Å². The summed E-state index contributed by atoms with van der Waals surface area (Å²) in [5, 5.41) is 3.40. The first kappa shape index (κ1) is 10.9. The van der Waals surface area contributed by atoms with Crippen LogP contribution in [0, 0.1) is 5.92 Å². The monoisotopic (exact) mass is 211 g/mol. The second-order valence-corrected chi connectivity index (χ2v) is 5.79. The smallest absolute Gasteiger partial charge is 0.323 e. The van der Waals surface area contributed by atoms with Gasteiger partial charge in [-0.05, 0) is 46.0 Å². The van der Waals surface area contributed by atoms with Crippen molar-refractivity contribution in [3.63, 3.8) is 0 Å². The summed E-state index contributed by atoms with van der Waals surface area (Å²) < 4.78 is 5.39. The van der Waals surface area contributed by atoms with Crippen LogP contribution in [0.2, 0.25) is 0 Å². The molecule has 2 aliphatic rings. The highest BCUT2D eigenvalue weighted by atomic mass is 16.6. The van der Waals surface area contributed by atoms with Gasteiger partial charge in [0.1, 0.15) is 11.6 Å². The average molecular weight is 211 g/mol. The summed E-state index contributed by atoms with van der Waals surface area (Å²) in [7, 11) is 0. The van der Waals surface area contributed by atoms with Crippen LogP contribution in [0.4, 0.5) is 0 Å². The lowest BCUT2D eigenvalue weighted by Gasteiger charge is -2.22. The zero-order valence-corrected chi connectivity index (χ0v) is 9.88. The Morgan fingerprint density at radius 2 is 2.07 bits per heavy atom. The zero-order chi connectivity index (χ0) is 11.1. The van der Waals surface area contributed by atoms with Crippen molar-refractivity contribution >= 4 is 5.97 Å². The Hall–Kier alpha value is -0.570. The number of fused-ring (bicyclic) bond motifs is 1. The highest BCUT2D eigenvalue weighted by molar-refractivity contribution is 5.76. The predicted octanol–water partition coefficient (Wildman–Crippen LogP) is 1.86. The van der Waals surface area contributed by atoms with Crippen LogP contribution in [-0.2, 0) is 9.53 Å². The first-order chi connectivity index (χ1) is 6.96. The van der Waals surface area contributed by atoms with Gasteiger partial charge < -0.3 is 10.1 Å². The number of esters is 1. The molecule has 0 aromatic rings. The number of rotatable bonds is 1. The van der Waals surface area contributed by atoms with Crippen molar-refractivity contribution in [3.8, 4) is 0 Å². The van der Waals surface area contributed by atoms with E-state index >= 15 is 0 Å². The van der Waals surface area contributed by atoms with Gasteiger partial charge >= 0.3 is 5.97 Å². The molecule has 3 nitrogen and oxygen atoms in total. The van der Waals surface area contributed by atoms with Gasteiger partial charge in [0.25, 0.3) is 0 Å². The van der Waals surface area contributed by atoms with Crippen molar-refractivity contribution in [1.82, 2.24) is 5.32 Å². The van der Waals surface area contributed by atoms with E-state index in [1.165, 1.54) is 19.3 Å². The molecule has 1 heterocycles. The number of carbonyl (C=O) groups excluding carboxylic acids is 1. The largest absolute Gasteiger partial charge is 0.459 e. The Morgan fingerprint density at radius 3 is 2.67 bits per heavy atom. The predicted molar refractivity (Wildman–Crippen MR) is 58.5 cm³/mol. The lowest BCUT2D eigenvalue weighted by atomic mass is 10.0. The second kappa shape index (κ2) is 3.78. The fourth-order valence-electron chi connectivity index (χ4n) is 2.70. The van der Waals surface area contributed by atoms with Crippen molar-refractivity contribution in [1.29, 1.82) is 0 Å². The van der Waals surface area contributed by atoms with Gasteiger partial charge in [0.05, 0.1) is 0 Å². The minimum atomic E-state index is -0.365. The van der Waals surface area contributed by atoms with E-state index in [2.05, 4.69) is 5.32 Å². The molecule has 2 rings (SSSR count). The van der Waals surface area contributed by atoms with Gasteiger partial charge in [-0.25, -0.2) is 0 Å². The maximum atomic E-state index is 11.8. The molecule has 0 aromatic carbocycles. The van der Waals surface area contributed by atoms with Gasteiger partial charge in [-0.1, -0.05) is 6.42 Å². The molecule has 0 unspecified atom stereocenters. The molecule has 0 bridgehead atoms. The molecule has 0 amide bonds. The third kappa shape index (κ3) is 2.51. The van der Waals surface area contributed by atoms with E-state index < -0.39 is 0 Å². The fraction of sp³-hybridized carbons (Fsp3) is 0.917. The molecule has 3 atom stereocenters. The Kier molecular flexibility index (Phi) is 2.75. The summed E-state index contributed by atoms with van der Waals surface area (Å²) in [4.78, 5) is 11.8. The van der Waals surface area contributed by atoms with Crippen LogP contribution >= 0.6 is 0 Å². The zero-order valence-electron chi connectivity index (χ0n) is 9.88. The molecule has 0 radical (unpaired) electrons. The molecule has 1 N–H and O–H groups in total. The third-order valence-electron chi connectivity index (χ3n) is 3.30. The van der Waals surface area contributed by atoms with E-state index in [-0.39, 0.29) is 17.6 Å². The standard InChI is InChI=1S/C12H21NO2/c1-12(2,3)15-11(14)10-7-8-5-4-6-9(8)13-10/h8-10,13H,4-7H2,1-3H3/t8-,9+,10+/m0/s1. The number of ether oxygens (including phenoxy) is 1. The molecule has 0 aromatic heterocycles. The number of nitrogens with one attached hydrogen (secondary N) is 1. The van der Waals surface area contributed by atoms with E-state index in [0.717, 1.165) is 6.42 Å². The number of hydrogen-bond donors (Lipinski definition) is 1. The van der Waals surface area contributed by atoms with Gasteiger partial charge in [0.15, 0.2) is 0 Å². The van der Waals surface area contributed by atoms with E-state index in [1.54, 1.807) is 0 Å². The summed E-state index contributed by atoms with van der Waals surface area (Å²) in [6.07, 6.45) is 4.78. The normalized spacial score (nSPS) is 35.3. The Balaban J connectivity index is 1.88. The molecule has 2 fully saturated rings. The molecular formula is C12H21NO2. The maximum absolute atomic E-state index is 11.8. The van der Waals surface area contributed by atoms with E-state index in [4.69, 9.17) is 4.74 Å². The molecule has 86 valence electrons. The molecular weight excluding hydrogens is 190 g/mol. The van der Waals surface area contributed by atoms with Crippen molar-refractivity contribution in [2.24, 2.45) is 5.92 Å². The fourth-order valence-corrected chi connectivity index (χ4v) is 2.70. The Labute approximate surface area is 91.6 Å².